The van der Waals surface area contributed by atoms with Crippen molar-refractivity contribution >= 4 is 39.9 Å². The maximum atomic E-state index is 11.9. The highest BCUT2D eigenvalue weighted by molar-refractivity contribution is 14.1. The molecular weight excluding hydrogens is 489 g/mol. The van der Waals surface area contributed by atoms with Gasteiger partial charge in [0.1, 0.15) is 6.10 Å². The van der Waals surface area contributed by atoms with Crippen LogP contribution in [0.3, 0.4) is 0 Å². The molecule has 0 amide bonds. The Labute approximate surface area is 185 Å². The first kappa shape index (κ1) is 23.5. The standard InChI is InChI=1S/C21H30INO4S/c1-14(11-22)9-16(3)26-20(24)8-6-7-15(2)18-13-28-19(23-18)10-17-12-25-21(4,5)27-17/h6,8,11,13,15-17H,7,9-10,12H2,1-5H3/b8-6+,14-11+/t15-,16-,17-/m0/s1. The van der Waals surface area contributed by atoms with E-state index in [-0.39, 0.29) is 24.1 Å². The van der Waals surface area contributed by atoms with Crippen LogP contribution in [0.15, 0.2) is 27.2 Å². The van der Waals surface area contributed by atoms with Crippen LogP contribution in [0.5, 0.6) is 0 Å². The van der Waals surface area contributed by atoms with Crippen LogP contribution < -0.4 is 0 Å². The fraction of sp³-hybridized carbons (Fsp3) is 0.619. The molecule has 1 saturated heterocycles. The maximum Gasteiger partial charge on any atom is 0.330 e. The number of thiazole rings is 1. The van der Waals surface area contributed by atoms with Gasteiger partial charge in [-0.15, -0.1) is 11.3 Å². The van der Waals surface area contributed by atoms with Crippen molar-refractivity contribution in [1.29, 1.82) is 0 Å². The van der Waals surface area contributed by atoms with Crippen LogP contribution in [-0.4, -0.2) is 35.6 Å². The van der Waals surface area contributed by atoms with Gasteiger partial charge in [0.05, 0.1) is 23.4 Å². The smallest absolute Gasteiger partial charge is 0.330 e. The lowest BCUT2D eigenvalue weighted by atomic mass is 10.0. The number of aromatic nitrogens is 1. The Morgan fingerprint density at radius 3 is 2.89 bits per heavy atom. The molecule has 0 bridgehead atoms. The number of hydrogen-bond acceptors (Lipinski definition) is 6. The molecule has 0 spiro atoms. The van der Waals surface area contributed by atoms with Crippen LogP contribution in [0, 0.1) is 0 Å². The highest BCUT2D eigenvalue weighted by Gasteiger charge is 2.33. The molecule has 2 heterocycles. The molecule has 0 N–H and O–H groups in total. The van der Waals surface area contributed by atoms with Crippen molar-refractivity contribution in [3.63, 3.8) is 0 Å². The first-order chi connectivity index (χ1) is 13.2. The van der Waals surface area contributed by atoms with Crippen LogP contribution in [0.4, 0.5) is 0 Å². The molecule has 1 aromatic heterocycles. The Hall–Kier alpha value is -0.770. The number of carbonyl (C=O) groups excluding carboxylic acids is 1. The zero-order chi connectivity index (χ0) is 20.7. The first-order valence-electron chi connectivity index (χ1n) is 9.57. The molecular formula is C21H30INO4S. The minimum atomic E-state index is -0.500. The predicted octanol–water partition coefficient (Wildman–Crippen LogP) is 5.55. The van der Waals surface area contributed by atoms with Gasteiger partial charge in [-0.1, -0.05) is 41.2 Å². The van der Waals surface area contributed by atoms with E-state index in [9.17, 15) is 4.79 Å². The lowest BCUT2D eigenvalue weighted by Crippen LogP contribution is -2.22. The summed E-state index contributed by atoms with van der Waals surface area (Å²) in [5, 5.41) is 3.15. The maximum absolute atomic E-state index is 11.9. The normalized spacial score (nSPS) is 21.8. The first-order valence-corrected chi connectivity index (χ1v) is 11.7. The highest BCUT2D eigenvalue weighted by Crippen LogP contribution is 2.27. The van der Waals surface area contributed by atoms with Gasteiger partial charge in [0, 0.05) is 30.2 Å². The zero-order valence-corrected chi connectivity index (χ0v) is 20.2. The predicted molar refractivity (Wildman–Crippen MR) is 121 cm³/mol. The lowest BCUT2D eigenvalue weighted by Gasteiger charge is -2.16. The van der Waals surface area contributed by atoms with E-state index in [0.29, 0.717) is 6.61 Å². The SMILES string of the molecule is C/C(=C\I)C[C@H](C)OC(=O)/C=C/C[C@H](C)c1csc(C[C@H]2COC(C)(C)O2)n1. The quantitative estimate of drug-likeness (QED) is 0.243. The van der Waals surface area contributed by atoms with Crippen LogP contribution in [0.25, 0.3) is 0 Å². The summed E-state index contributed by atoms with van der Waals surface area (Å²) in [7, 11) is 0. The van der Waals surface area contributed by atoms with Gasteiger partial charge in [-0.2, -0.15) is 0 Å². The molecule has 1 aromatic rings. The second-order valence-corrected chi connectivity index (χ2v) is 9.33. The molecule has 2 rings (SSSR count). The van der Waals surface area contributed by atoms with E-state index in [0.717, 1.165) is 30.0 Å². The van der Waals surface area contributed by atoms with Gasteiger partial charge in [0.2, 0.25) is 0 Å². The van der Waals surface area contributed by atoms with E-state index in [1.165, 1.54) is 11.6 Å². The van der Waals surface area contributed by atoms with Crippen LogP contribution >= 0.6 is 33.9 Å². The molecule has 28 heavy (non-hydrogen) atoms. The number of esters is 1. The zero-order valence-electron chi connectivity index (χ0n) is 17.2. The Balaban J connectivity index is 1.77. The fourth-order valence-corrected chi connectivity index (χ4v) is 4.21. The van der Waals surface area contributed by atoms with E-state index < -0.39 is 5.79 Å². The third-order valence-corrected chi connectivity index (χ3v) is 6.35. The lowest BCUT2D eigenvalue weighted by molar-refractivity contribution is -0.142. The largest absolute Gasteiger partial charge is 0.459 e. The summed E-state index contributed by atoms with van der Waals surface area (Å²) >= 11 is 3.85. The number of halogens is 1. The minimum absolute atomic E-state index is 0.0617. The van der Waals surface area contributed by atoms with E-state index in [4.69, 9.17) is 19.2 Å². The highest BCUT2D eigenvalue weighted by atomic mass is 127. The summed E-state index contributed by atoms with van der Waals surface area (Å²) < 4.78 is 18.9. The number of rotatable bonds is 9. The molecule has 1 fully saturated rings. The topological polar surface area (TPSA) is 57.7 Å². The molecule has 5 nitrogen and oxygen atoms in total. The molecule has 0 saturated carbocycles. The van der Waals surface area contributed by atoms with Crippen molar-refractivity contribution < 1.29 is 19.0 Å². The third kappa shape index (κ3) is 7.93. The Bertz CT molecular complexity index is 713. The second kappa shape index (κ2) is 10.8. The summed E-state index contributed by atoms with van der Waals surface area (Å²) in [5.74, 6) is -0.547. The van der Waals surface area contributed by atoms with E-state index in [1.807, 2.05) is 37.9 Å². The average Bonchev–Trinajstić information content (AvgIpc) is 3.20. The van der Waals surface area contributed by atoms with Gasteiger partial charge >= 0.3 is 5.97 Å². The third-order valence-electron chi connectivity index (χ3n) is 4.40. The van der Waals surface area contributed by atoms with Crippen molar-refractivity contribution in [1.82, 2.24) is 4.98 Å². The van der Waals surface area contributed by atoms with Gasteiger partial charge in [-0.25, -0.2) is 9.78 Å². The van der Waals surface area contributed by atoms with Gasteiger partial charge in [-0.05, 0) is 38.2 Å². The summed E-state index contributed by atoms with van der Waals surface area (Å²) in [5.41, 5.74) is 2.25. The van der Waals surface area contributed by atoms with E-state index in [2.05, 4.69) is 34.9 Å². The van der Waals surface area contributed by atoms with Gasteiger partial charge in [0.15, 0.2) is 5.79 Å². The van der Waals surface area contributed by atoms with Crippen molar-refractivity contribution in [2.75, 3.05) is 6.61 Å². The second-order valence-electron chi connectivity index (χ2n) is 7.77. The van der Waals surface area contributed by atoms with E-state index in [1.54, 1.807) is 11.3 Å². The summed E-state index contributed by atoms with van der Waals surface area (Å²) in [6.07, 6.45) is 5.61. The summed E-state index contributed by atoms with van der Waals surface area (Å²) in [6, 6.07) is 0. The molecule has 156 valence electrons. The number of carbonyl (C=O) groups is 1. The Morgan fingerprint density at radius 2 is 2.25 bits per heavy atom. The summed E-state index contributed by atoms with van der Waals surface area (Å²) in [6.45, 7) is 10.5. The number of ether oxygens (including phenoxy) is 3. The molecule has 3 atom stereocenters. The van der Waals surface area contributed by atoms with Crippen molar-refractivity contribution in [3.8, 4) is 0 Å². The van der Waals surface area contributed by atoms with Crippen LogP contribution in [-0.2, 0) is 25.4 Å². The summed E-state index contributed by atoms with van der Waals surface area (Å²) in [4.78, 5) is 16.7. The molecule has 0 aliphatic carbocycles. The van der Waals surface area contributed by atoms with E-state index >= 15 is 0 Å². The van der Waals surface area contributed by atoms with Gasteiger partial charge < -0.3 is 14.2 Å². The molecule has 1 aliphatic heterocycles. The minimum Gasteiger partial charge on any atom is -0.459 e. The molecule has 0 aromatic carbocycles. The van der Waals surface area contributed by atoms with Gasteiger partial charge in [0.25, 0.3) is 0 Å². The number of hydrogen-bond donors (Lipinski definition) is 0. The van der Waals surface area contributed by atoms with Crippen molar-refractivity contribution in [2.45, 2.75) is 77.8 Å². The van der Waals surface area contributed by atoms with Crippen LogP contribution in [0.2, 0.25) is 0 Å². The monoisotopic (exact) mass is 519 g/mol. The molecule has 1 aliphatic rings. The fourth-order valence-electron chi connectivity index (χ4n) is 2.97. The Kier molecular flexibility index (Phi) is 9.11. The average molecular weight is 519 g/mol. The molecule has 0 radical (unpaired) electrons. The number of allylic oxidation sites excluding steroid dienone is 1. The molecule has 0 unspecified atom stereocenters. The molecule has 7 heteroatoms. The number of nitrogens with zero attached hydrogens (tertiary/aromatic N) is 1. The van der Waals surface area contributed by atoms with Gasteiger partial charge in [-0.3, -0.25) is 0 Å². The van der Waals surface area contributed by atoms with Crippen LogP contribution in [0.1, 0.15) is 64.1 Å². The van der Waals surface area contributed by atoms with Crippen molar-refractivity contribution in [3.05, 3.63) is 37.9 Å². The Morgan fingerprint density at radius 1 is 1.50 bits per heavy atom. The van der Waals surface area contributed by atoms with Crippen molar-refractivity contribution in [2.24, 2.45) is 0 Å².